The average molecular weight is 286 g/mol. The number of urea groups is 1. The summed E-state index contributed by atoms with van der Waals surface area (Å²) < 4.78 is 0. The van der Waals surface area contributed by atoms with Crippen molar-refractivity contribution in [2.45, 2.75) is 64.1 Å². The Morgan fingerprint density at radius 2 is 1.95 bits per heavy atom. The van der Waals surface area contributed by atoms with Gasteiger partial charge in [0.1, 0.15) is 6.04 Å². The van der Waals surface area contributed by atoms with Crippen LogP contribution in [-0.4, -0.2) is 52.3 Å². The number of aliphatic hydroxyl groups excluding tert-OH is 1. The molecule has 1 rings (SSSR count). The van der Waals surface area contributed by atoms with Gasteiger partial charge in [0.15, 0.2) is 0 Å². The summed E-state index contributed by atoms with van der Waals surface area (Å²) in [6, 6.07) is -1.55. The highest BCUT2D eigenvalue weighted by Crippen LogP contribution is 2.22. The summed E-state index contributed by atoms with van der Waals surface area (Å²) in [7, 11) is 1.62. The van der Waals surface area contributed by atoms with E-state index in [2.05, 4.69) is 5.32 Å². The zero-order valence-corrected chi connectivity index (χ0v) is 12.5. The molecule has 1 fully saturated rings. The van der Waals surface area contributed by atoms with E-state index >= 15 is 0 Å². The predicted octanol–water partition coefficient (Wildman–Crippen LogP) is 1.43. The van der Waals surface area contributed by atoms with Crippen molar-refractivity contribution in [3.8, 4) is 0 Å². The van der Waals surface area contributed by atoms with Crippen LogP contribution in [0.4, 0.5) is 4.79 Å². The first-order valence-electron chi connectivity index (χ1n) is 7.32. The fraction of sp³-hybridized carbons (Fsp3) is 0.857. The zero-order chi connectivity index (χ0) is 15.3. The van der Waals surface area contributed by atoms with Crippen LogP contribution in [0.3, 0.4) is 0 Å². The molecule has 0 heterocycles. The number of rotatable bonds is 5. The van der Waals surface area contributed by atoms with E-state index in [1.807, 2.05) is 6.92 Å². The first-order valence-corrected chi connectivity index (χ1v) is 7.32. The molecule has 0 spiro atoms. The van der Waals surface area contributed by atoms with Crippen LogP contribution in [0, 0.1) is 5.92 Å². The van der Waals surface area contributed by atoms with E-state index in [0.29, 0.717) is 12.8 Å². The maximum atomic E-state index is 12.2. The summed E-state index contributed by atoms with van der Waals surface area (Å²) >= 11 is 0. The Bertz CT molecular complexity index is 348. The highest BCUT2D eigenvalue weighted by atomic mass is 16.4. The maximum absolute atomic E-state index is 12.2. The molecule has 6 heteroatoms. The Hall–Kier alpha value is -1.30. The van der Waals surface area contributed by atoms with E-state index in [1.54, 1.807) is 14.0 Å². The van der Waals surface area contributed by atoms with Crippen molar-refractivity contribution in [1.82, 2.24) is 10.2 Å². The van der Waals surface area contributed by atoms with Crippen molar-refractivity contribution in [2.24, 2.45) is 5.92 Å². The molecule has 0 aromatic rings. The largest absolute Gasteiger partial charge is 0.480 e. The normalized spacial score (nSPS) is 25.6. The molecular formula is C14H26N2O4. The molecule has 0 aliphatic heterocycles. The number of aliphatic carboxylic acids is 1. The molecule has 0 aromatic carbocycles. The van der Waals surface area contributed by atoms with Gasteiger partial charge < -0.3 is 20.4 Å². The monoisotopic (exact) mass is 286 g/mol. The van der Waals surface area contributed by atoms with Gasteiger partial charge in [0, 0.05) is 7.05 Å². The number of hydrogen-bond acceptors (Lipinski definition) is 3. The third-order valence-corrected chi connectivity index (χ3v) is 4.27. The minimum Gasteiger partial charge on any atom is -0.480 e. The number of aliphatic hydroxyl groups is 1. The SMILES string of the molecule is CC[C@H](C)[C@H](NC(=O)N(C)C1CCCCC1O)C(=O)O. The molecule has 0 saturated heterocycles. The molecular weight excluding hydrogens is 260 g/mol. The predicted molar refractivity (Wildman–Crippen MR) is 75.4 cm³/mol. The van der Waals surface area contributed by atoms with Gasteiger partial charge in [0.2, 0.25) is 0 Å². The second-order valence-corrected chi connectivity index (χ2v) is 5.68. The Morgan fingerprint density at radius 1 is 1.35 bits per heavy atom. The lowest BCUT2D eigenvalue weighted by molar-refractivity contribution is -0.140. The fourth-order valence-corrected chi connectivity index (χ4v) is 2.61. The highest BCUT2D eigenvalue weighted by Gasteiger charge is 2.32. The van der Waals surface area contributed by atoms with Gasteiger partial charge in [0.25, 0.3) is 0 Å². The Kier molecular flexibility index (Phi) is 6.26. The summed E-state index contributed by atoms with van der Waals surface area (Å²) in [5.74, 6) is -1.16. The van der Waals surface area contributed by atoms with Gasteiger partial charge >= 0.3 is 12.0 Å². The summed E-state index contributed by atoms with van der Waals surface area (Å²) in [6.45, 7) is 3.69. The minimum absolute atomic E-state index is 0.138. The first kappa shape index (κ1) is 16.8. The van der Waals surface area contributed by atoms with Crippen molar-refractivity contribution >= 4 is 12.0 Å². The van der Waals surface area contributed by atoms with Crippen LogP contribution < -0.4 is 5.32 Å². The van der Waals surface area contributed by atoms with Gasteiger partial charge in [-0.2, -0.15) is 0 Å². The summed E-state index contributed by atoms with van der Waals surface area (Å²) in [6.07, 6.45) is 3.55. The number of nitrogens with one attached hydrogen (secondary N) is 1. The summed E-state index contributed by atoms with van der Waals surface area (Å²) in [5, 5.41) is 21.7. The average Bonchev–Trinajstić information content (AvgIpc) is 2.43. The molecule has 0 radical (unpaired) electrons. The number of carbonyl (C=O) groups is 2. The third-order valence-electron chi connectivity index (χ3n) is 4.27. The van der Waals surface area contributed by atoms with Gasteiger partial charge in [-0.15, -0.1) is 0 Å². The van der Waals surface area contributed by atoms with E-state index in [1.165, 1.54) is 4.90 Å². The molecule has 3 N–H and O–H groups in total. The van der Waals surface area contributed by atoms with Crippen LogP contribution >= 0.6 is 0 Å². The fourth-order valence-electron chi connectivity index (χ4n) is 2.61. The van der Waals surface area contributed by atoms with Crippen LogP contribution in [0.2, 0.25) is 0 Å². The number of hydrogen-bond donors (Lipinski definition) is 3. The van der Waals surface area contributed by atoms with E-state index in [0.717, 1.165) is 19.3 Å². The minimum atomic E-state index is -1.02. The quantitative estimate of drug-likeness (QED) is 0.713. The van der Waals surface area contributed by atoms with Gasteiger partial charge in [-0.3, -0.25) is 0 Å². The second kappa shape index (κ2) is 7.47. The van der Waals surface area contributed by atoms with Crippen LogP contribution in [0.25, 0.3) is 0 Å². The first-order chi connectivity index (χ1) is 9.38. The number of likely N-dealkylation sites (N-methyl/N-ethyl adjacent to an activating group) is 1. The van der Waals surface area contributed by atoms with Gasteiger partial charge in [-0.05, 0) is 18.8 Å². The Morgan fingerprint density at radius 3 is 2.45 bits per heavy atom. The van der Waals surface area contributed by atoms with Gasteiger partial charge in [-0.1, -0.05) is 33.1 Å². The smallest absolute Gasteiger partial charge is 0.326 e. The van der Waals surface area contributed by atoms with Crippen molar-refractivity contribution in [3.63, 3.8) is 0 Å². The van der Waals surface area contributed by atoms with E-state index in [4.69, 9.17) is 0 Å². The lowest BCUT2D eigenvalue weighted by atomic mass is 9.92. The Balaban J connectivity index is 2.65. The lowest BCUT2D eigenvalue weighted by Gasteiger charge is -2.36. The number of carbonyl (C=O) groups excluding carboxylic acids is 1. The zero-order valence-electron chi connectivity index (χ0n) is 12.5. The third kappa shape index (κ3) is 4.10. The molecule has 1 aliphatic carbocycles. The van der Waals surface area contributed by atoms with Crippen LogP contribution in [0.5, 0.6) is 0 Å². The topological polar surface area (TPSA) is 89.9 Å². The molecule has 1 saturated carbocycles. The molecule has 2 unspecified atom stereocenters. The summed E-state index contributed by atoms with van der Waals surface area (Å²) in [5.41, 5.74) is 0. The van der Waals surface area contributed by atoms with Crippen molar-refractivity contribution in [3.05, 3.63) is 0 Å². The van der Waals surface area contributed by atoms with E-state index < -0.39 is 24.1 Å². The standard InChI is InChI=1S/C14H26N2O4/c1-4-9(2)12(13(18)19)15-14(20)16(3)10-7-5-6-8-11(10)17/h9-12,17H,4-8H2,1-3H3,(H,15,20)(H,18,19)/t9-,10?,11?,12-/m0/s1. The molecule has 4 atom stereocenters. The van der Waals surface area contributed by atoms with E-state index in [-0.39, 0.29) is 12.0 Å². The molecule has 6 nitrogen and oxygen atoms in total. The van der Waals surface area contributed by atoms with Gasteiger partial charge in [-0.25, -0.2) is 9.59 Å². The molecule has 116 valence electrons. The number of nitrogens with zero attached hydrogens (tertiary/aromatic N) is 1. The van der Waals surface area contributed by atoms with E-state index in [9.17, 15) is 19.8 Å². The molecule has 0 bridgehead atoms. The maximum Gasteiger partial charge on any atom is 0.326 e. The number of carboxylic acid groups (broad SMARTS) is 1. The molecule has 2 amide bonds. The number of amides is 2. The van der Waals surface area contributed by atoms with Crippen LogP contribution in [-0.2, 0) is 4.79 Å². The van der Waals surface area contributed by atoms with Crippen molar-refractivity contribution < 1.29 is 19.8 Å². The van der Waals surface area contributed by atoms with Crippen molar-refractivity contribution in [1.29, 1.82) is 0 Å². The molecule has 1 aliphatic rings. The van der Waals surface area contributed by atoms with Gasteiger partial charge in [0.05, 0.1) is 12.1 Å². The summed E-state index contributed by atoms with van der Waals surface area (Å²) in [4.78, 5) is 24.8. The van der Waals surface area contributed by atoms with Crippen LogP contribution in [0.15, 0.2) is 0 Å². The number of carboxylic acids is 1. The Labute approximate surface area is 120 Å². The highest BCUT2D eigenvalue weighted by molar-refractivity contribution is 5.82. The lowest BCUT2D eigenvalue weighted by Crippen LogP contribution is -2.54. The van der Waals surface area contributed by atoms with Crippen molar-refractivity contribution in [2.75, 3.05) is 7.05 Å². The van der Waals surface area contributed by atoms with Crippen LogP contribution in [0.1, 0.15) is 46.0 Å². The second-order valence-electron chi connectivity index (χ2n) is 5.68. The molecule has 20 heavy (non-hydrogen) atoms. The molecule has 0 aromatic heterocycles.